The van der Waals surface area contributed by atoms with E-state index in [2.05, 4.69) is 5.16 Å². The van der Waals surface area contributed by atoms with Crippen LogP contribution in [0.5, 0.6) is 0 Å². The van der Waals surface area contributed by atoms with Crippen LogP contribution in [-0.2, 0) is 5.75 Å². The Labute approximate surface area is 95.4 Å². The second-order valence-electron chi connectivity index (χ2n) is 3.15. The predicted octanol–water partition coefficient (Wildman–Crippen LogP) is 2.57. The molecule has 84 valence electrons. The number of rotatable bonds is 4. The van der Waals surface area contributed by atoms with Crippen LogP contribution in [0.3, 0.4) is 0 Å². The molecule has 0 bridgehead atoms. The van der Waals surface area contributed by atoms with Crippen molar-refractivity contribution in [3.05, 3.63) is 35.4 Å². The summed E-state index contributed by atoms with van der Waals surface area (Å²) >= 11 is 1.36. The molecule has 0 unspecified atom stereocenters. The van der Waals surface area contributed by atoms with Crippen LogP contribution in [0.2, 0.25) is 0 Å². The normalized spacial score (nSPS) is 10.6. The molecule has 0 radical (unpaired) electrons. The van der Waals surface area contributed by atoms with E-state index < -0.39 is 5.97 Å². The van der Waals surface area contributed by atoms with Crippen LogP contribution in [0.1, 0.15) is 22.0 Å². The van der Waals surface area contributed by atoms with Gasteiger partial charge in [-0.1, -0.05) is 16.9 Å². The first-order valence-electron chi connectivity index (χ1n) is 4.53. The van der Waals surface area contributed by atoms with E-state index in [4.69, 9.17) is 14.0 Å². The Morgan fingerprint density at radius 1 is 1.56 bits per heavy atom. The minimum atomic E-state index is -1.07. The summed E-state index contributed by atoms with van der Waals surface area (Å²) in [6, 6.07) is 4.88. The molecule has 0 amide bonds. The van der Waals surface area contributed by atoms with Crippen LogP contribution >= 0.6 is 11.8 Å². The maximum absolute atomic E-state index is 10.6. The van der Waals surface area contributed by atoms with Gasteiger partial charge in [0.25, 0.3) is 0 Å². The van der Waals surface area contributed by atoms with Gasteiger partial charge in [0.15, 0.2) is 5.09 Å². The molecule has 0 aliphatic rings. The van der Waals surface area contributed by atoms with E-state index in [-0.39, 0.29) is 5.76 Å². The SMILES string of the molecule is Cc1cc(CSc2ccc(C(=O)O)o2)on1. The summed E-state index contributed by atoms with van der Waals surface area (Å²) in [6.07, 6.45) is 0. The van der Waals surface area contributed by atoms with Gasteiger partial charge in [0.1, 0.15) is 5.76 Å². The smallest absolute Gasteiger partial charge is 0.371 e. The highest BCUT2D eigenvalue weighted by atomic mass is 32.2. The summed E-state index contributed by atoms with van der Waals surface area (Å²) in [4.78, 5) is 10.6. The van der Waals surface area contributed by atoms with Crippen molar-refractivity contribution in [3.63, 3.8) is 0 Å². The summed E-state index contributed by atoms with van der Waals surface area (Å²) in [5, 5.41) is 13.0. The van der Waals surface area contributed by atoms with Gasteiger partial charge in [0, 0.05) is 6.07 Å². The Morgan fingerprint density at radius 2 is 2.38 bits per heavy atom. The highest BCUT2D eigenvalue weighted by Crippen LogP contribution is 2.25. The van der Waals surface area contributed by atoms with Gasteiger partial charge < -0.3 is 14.0 Å². The van der Waals surface area contributed by atoms with Crippen LogP contribution in [0.25, 0.3) is 0 Å². The molecule has 2 aromatic heterocycles. The maximum atomic E-state index is 10.6. The van der Waals surface area contributed by atoms with Gasteiger partial charge in [0.2, 0.25) is 5.76 Å². The van der Waals surface area contributed by atoms with Crippen LogP contribution in [0.4, 0.5) is 0 Å². The molecule has 1 N–H and O–H groups in total. The molecule has 2 heterocycles. The zero-order valence-corrected chi connectivity index (χ0v) is 9.28. The van der Waals surface area contributed by atoms with Gasteiger partial charge in [-0.25, -0.2) is 4.79 Å². The van der Waals surface area contributed by atoms with E-state index >= 15 is 0 Å². The van der Waals surface area contributed by atoms with Gasteiger partial charge >= 0.3 is 5.97 Å². The number of aromatic carboxylic acids is 1. The maximum Gasteiger partial charge on any atom is 0.371 e. The van der Waals surface area contributed by atoms with Crippen molar-refractivity contribution in [2.24, 2.45) is 0 Å². The van der Waals surface area contributed by atoms with Crippen LogP contribution in [-0.4, -0.2) is 16.2 Å². The highest BCUT2D eigenvalue weighted by Gasteiger charge is 2.10. The molecule has 0 aliphatic heterocycles. The molecule has 0 aliphatic carbocycles. The van der Waals surface area contributed by atoms with Crippen LogP contribution in [0.15, 0.2) is 32.2 Å². The quantitative estimate of drug-likeness (QED) is 0.826. The van der Waals surface area contributed by atoms with E-state index in [1.165, 1.54) is 17.8 Å². The number of hydrogen-bond donors (Lipinski definition) is 1. The summed E-state index contributed by atoms with van der Waals surface area (Å²) in [7, 11) is 0. The lowest BCUT2D eigenvalue weighted by Crippen LogP contribution is -1.91. The van der Waals surface area contributed by atoms with Crippen molar-refractivity contribution in [2.45, 2.75) is 17.8 Å². The van der Waals surface area contributed by atoms with Gasteiger partial charge in [-0.15, -0.1) is 0 Å². The van der Waals surface area contributed by atoms with E-state index in [9.17, 15) is 4.79 Å². The van der Waals surface area contributed by atoms with Crippen molar-refractivity contribution in [2.75, 3.05) is 0 Å². The van der Waals surface area contributed by atoms with E-state index in [1.54, 1.807) is 6.07 Å². The van der Waals surface area contributed by atoms with Crippen LogP contribution < -0.4 is 0 Å². The van der Waals surface area contributed by atoms with Crippen molar-refractivity contribution in [1.82, 2.24) is 5.16 Å². The Balaban J connectivity index is 1.97. The Hall–Kier alpha value is -1.69. The number of hydrogen-bond acceptors (Lipinski definition) is 5. The molecule has 0 aromatic carbocycles. The van der Waals surface area contributed by atoms with E-state index in [0.29, 0.717) is 10.8 Å². The largest absolute Gasteiger partial charge is 0.475 e. The summed E-state index contributed by atoms with van der Waals surface area (Å²) in [6.45, 7) is 1.84. The molecule has 5 nitrogen and oxygen atoms in total. The Morgan fingerprint density at radius 3 is 2.94 bits per heavy atom. The molecule has 0 atom stereocenters. The monoisotopic (exact) mass is 239 g/mol. The Bertz CT molecular complexity index is 502. The lowest BCUT2D eigenvalue weighted by molar-refractivity contribution is 0.0656. The minimum absolute atomic E-state index is 0.0590. The second-order valence-corrected chi connectivity index (χ2v) is 4.13. The Kier molecular flexibility index (Phi) is 3.00. The molecular weight excluding hydrogens is 230 g/mol. The third-order valence-electron chi connectivity index (χ3n) is 1.83. The molecular formula is C10H9NO4S. The zero-order valence-electron chi connectivity index (χ0n) is 8.47. The number of aromatic nitrogens is 1. The summed E-state index contributed by atoms with van der Waals surface area (Å²) in [5.41, 5.74) is 0.821. The molecule has 2 rings (SSSR count). The fraction of sp³-hybridized carbons (Fsp3) is 0.200. The minimum Gasteiger partial charge on any atom is -0.475 e. The predicted molar refractivity (Wildman–Crippen MR) is 56.5 cm³/mol. The summed E-state index contributed by atoms with van der Waals surface area (Å²) < 4.78 is 10.1. The average molecular weight is 239 g/mol. The first kappa shape index (κ1) is 10.8. The first-order chi connectivity index (χ1) is 7.65. The average Bonchev–Trinajstić information content (AvgIpc) is 2.83. The molecule has 16 heavy (non-hydrogen) atoms. The molecule has 0 fully saturated rings. The number of thioether (sulfide) groups is 1. The number of nitrogens with zero attached hydrogens (tertiary/aromatic N) is 1. The molecule has 6 heteroatoms. The second kappa shape index (κ2) is 4.44. The lowest BCUT2D eigenvalue weighted by atomic mass is 10.4. The number of carboxylic acid groups (broad SMARTS) is 1. The number of furan rings is 1. The van der Waals surface area contributed by atoms with Gasteiger partial charge in [-0.05, 0) is 19.1 Å². The van der Waals surface area contributed by atoms with Crippen molar-refractivity contribution in [3.8, 4) is 0 Å². The van der Waals surface area contributed by atoms with Gasteiger partial charge in [-0.2, -0.15) is 0 Å². The number of carbonyl (C=O) groups is 1. The third kappa shape index (κ3) is 2.46. The molecule has 0 saturated heterocycles. The highest BCUT2D eigenvalue weighted by molar-refractivity contribution is 7.98. The molecule has 2 aromatic rings. The fourth-order valence-corrected chi connectivity index (χ4v) is 1.87. The zero-order chi connectivity index (χ0) is 11.5. The molecule has 0 spiro atoms. The number of carboxylic acids is 1. The standard InChI is InChI=1S/C10H9NO4S/c1-6-4-7(15-11-6)5-16-9-3-2-8(14-9)10(12)13/h2-4H,5H2,1H3,(H,12,13). The topological polar surface area (TPSA) is 76.5 Å². The van der Waals surface area contributed by atoms with Crippen molar-refractivity contribution in [1.29, 1.82) is 0 Å². The number of aryl methyl sites for hydroxylation is 1. The van der Waals surface area contributed by atoms with Crippen molar-refractivity contribution < 1.29 is 18.8 Å². The fourth-order valence-electron chi connectivity index (χ4n) is 1.14. The summed E-state index contributed by atoms with van der Waals surface area (Å²) in [5.74, 6) is 0.169. The molecule has 0 saturated carbocycles. The van der Waals surface area contributed by atoms with Gasteiger partial charge in [-0.3, -0.25) is 0 Å². The van der Waals surface area contributed by atoms with Crippen LogP contribution in [0, 0.1) is 6.92 Å². The third-order valence-corrected chi connectivity index (χ3v) is 2.76. The van der Waals surface area contributed by atoms with Crippen molar-refractivity contribution >= 4 is 17.7 Å². The van der Waals surface area contributed by atoms with E-state index in [1.807, 2.05) is 13.0 Å². The van der Waals surface area contributed by atoms with E-state index in [0.717, 1.165) is 11.5 Å². The lowest BCUT2D eigenvalue weighted by Gasteiger charge is -1.92. The van der Waals surface area contributed by atoms with Gasteiger partial charge in [0.05, 0.1) is 11.4 Å². The first-order valence-corrected chi connectivity index (χ1v) is 5.52.